The number of aliphatic hydroxyl groups excluding tert-OH is 1. The highest BCUT2D eigenvalue weighted by atomic mass is 19.2. The van der Waals surface area contributed by atoms with Gasteiger partial charge in [-0.15, -0.1) is 0 Å². The van der Waals surface area contributed by atoms with E-state index < -0.39 is 17.5 Å². The van der Waals surface area contributed by atoms with Gasteiger partial charge in [-0.2, -0.15) is 0 Å². The summed E-state index contributed by atoms with van der Waals surface area (Å²) in [6.45, 7) is 1.43. The summed E-state index contributed by atoms with van der Waals surface area (Å²) in [6, 6.07) is 3.70. The Morgan fingerprint density at radius 3 is 2.82 bits per heavy atom. The van der Waals surface area contributed by atoms with Crippen LogP contribution in [0.25, 0.3) is 0 Å². The molecule has 3 atom stereocenters. The Morgan fingerprint density at radius 1 is 1.27 bits per heavy atom. The smallest absolute Gasteiger partial charge is 0.254 e. The Balaban J connectivity index is 1.69. The summed E-state index contributed by atoms with van der Waals surface area (Å²) in [4.78, 5) is 14.4. The van der Waals surface area contributed by atoms with Crippen LogP contribution in [0.4, 0.5) is 8.78 Å². The van der Waals surface area contributed by atoms with E-state index in [9.17, 15) is 18.7 Å². The minimum absolute atomic E-state index is 0.0829. The van der Waals surface area contributed by atoms with Crippen LogP contribution in [-0.2, 0) is 0 Å². The van der Waals surface area contributed by atoms with E-state index in [4.69, 9.17) is 0 Å². The van der Waals surface area contributed by atoms with Crippen molar-refractivity contribution in [1.29, 1.82) is 0 Å². The number of halogens is 2. The summed E-state index contributed by atoms with van der Waals surface area (Å²) in [7, 11) is 0. The maximum atomic E-state index is 13.7. The van der Waals surface area contributed by atoms with Crippen LogP contribution in [0.1, 0.15) is 36.0 Å². The molecule has 1 amide bonds. The van der Waals surface area contributed by atoms with Gasteiger partial charge in [-0.3, -0.25) is 9.69 Å². The van der Waals surface area contributed by atoms with E-state index >= 15 is 0 Å². The molecule has 1 aliphatic carbocycles. The van der Waals surface area contributed by atoms with Gasteiger partial charge < -0.3 is 10.4 Å². The van der Waals surface area contributed by atoms with Crippen LogP contribution in [0, 0.1) is 11.6 Å². The molecule has 120 valence electrons. The van der Waals surface area contributed by atoms with E-state index in [0.717, 1.165) is 38.3 Å². The minimum Gasteiger partial charge on any atom is -0.392 e. The van der Waals surface area contributed by atoms with E-state index in [1.54, 1.807) is 0 Å². The maximum absolute atomic E-state index is 13.7. The summed E-state index contributed by atoms with van der Waals surface area (Å²) in [5.74, 6) is -2.70. The maximum Gasteiger partial charge on any atom is 0.254 e. The van der Waals surface area contributed by atoms with Gasteiger partial charge in [-0.25, -0.2) is 8.78 Å². The predicted octanol–water partition coefficient (Wildman–Crippen LogP) is 1.68. The van der Waals surface area contributed by atoms with Gasteiger partial charge in [0, 0.05) is 25.2 Å². The number of rotatable bonds is 3. The molecule has 0 aromatic heterocycles. The second-order valence-corrected chi connectivity index (χ2v) is 6.12. The first-order valence-corrected chi connectivity index (χ1v) is 7.73. The van der Waals surface area contributed by atoms with Crippen molar-refractivity contribution in [1.82, 2.24) is 10.2 Å². The van der Waals surface area contributed by atoms with Gasteiger partial charge in [0.2, 0.25) is 0 Å². The molecule has 22 heavy (non-hydrogen) atoms. The molecule has 2 fully saturated rings. The fourth-order valence-electron chi connectivity index (χ4n) is 3.54. The summed E-state index contributed by atoms with van der Waals surface area (Å²) < 4.78 is 26.9. The molecule has 4 nitrogen and oxygen atoms in total. The highest BCUT2D eigenvalue weighted by molar-refractivity contribution is 5.94. The molecule has 0 bridgehead atoms. The average molecular weight is 310 g/mol. The summed E-state index contributed by atoms with van der Waals surface area (Å²) in [6.07, 6.45) is 3.19. The van der Waals surface area contributed by atoms with Crippen LogP contribution in [0.3, 0.4) is 0 Å². The third kappa shape index (κ3) is 2.98. The van der Waals surface area contributed by atoms with Crippen molar-refractivity contribution in [2.75, 3.05) is 13.1 Å². The lowest BCUT2D eigenvalue weighted by Gasteiger charge is -2.29. The van der Waals surface area contributed by atoms with E-state index in [1.807, 2.05) is 0 Å². The first kappa shape index (κ1) is 15.4. The van der Waals surface area contributed by atoms with Crippen molar-refractivity contribution in [3.63, 3.8) is 0 Å². The lowest BCUT2D eigenvalue weighted by atomic mass is 10.1. The van der Waals surface area contributed by atoms with Gasteiger partial charge in [-0.05, 0) is 37.8 Å². The number of hydrogen-bond acceptors (Lipinski definition) is 3. The van der Waals surface area contributed by atoms with E-state index in [2.05, 4.69) is 10.2 Å². The summed E-state index contributed by atoms with van der Waals surface area (Å²) in [5.41, 5.74) is -0.257. The Labute approximate surface area is 128 Å². The first-order chi connectivity index (χ1) is 10.6. The molecule has 2 N–H and O–H groups in total. The molecule has 0 radical (unpaired) electrons. The van der Waals surface area contributed by atoms with E-state index in [0.29, 0.717) is 6.54 Å². The van der Waals surface area contributed by atoms with Crippen LogP contribution in [0.2, 0.25) is 0 Å². The fourth-order valence-corrected chi connectivity index (χ4v) is 3.54. The lowest BCUT2D eigenvalue weighted by molar-refractivity contribution is 0.0900. The third-order valence-electron chi connectivity index (χ3n) is 4.66. The molecule has 3 rings (SSSR count). The van der Waals surface area contributed by atoms with Gasteiger partial charge in [-0.1, -0.05) is 6.07 Å². The van der Waals surface area contributed by atoms with Gasteiger partial charge in [0.15, 0.2) is 11.6 Å². The monoisotopic (exact) mass is 310 g/mol. The van der Waals surface area contributed by atoms with Crippen LogP contribution >= 0.6 is 0 Å². The van der Waals surface area contributed by atoms with Crippen molar-refractivity contribution in [3.05, 3.63) is 35.4 Å². The van der Waals surface area contributed by atoms with E-state index in [1.165, 1.54) is 12.1 Å². The molecule has 0 spiro atoms. The van der Waals surface area contributed by atoms with Gasteiger partial charge >= 0.3 is 0 Å². The second-order valence-electron chi connectivity index (χ2n) is 6.12. The average Bonchev–Trinajstić information content (AvgIpc) is 3.10. The molecule has 1 unspecified atom stereocenters. The van der Waals surface area contributed by atoms with E-state index in [-0.39, 0.29) is 23.8 Å². The number of nitrogens with one attached hydrogen (secondary N) is 1. The number of carbonyl (C=O) groups is 1. The predicted molar refractivity (Wildman–Crippen MR) is 77.4 cm³/mol. The highest BCUT2D eigenvalue weighted by Gasteiger charge is 2.36. The molecule has 2 aliphatic rings. The Bertz CT molecular complexity index is 567. The van der Waals surface area contributed by atoms with Gasteiger partial charge in [0.1, 0.15) is 0 Å². The zero-order valence-corrected chi connectivity index (χ0v) is 12.3. The number of hydrogen-bond donors (Lipinski definition) is 2. The number of β-amino-alcohol motifs (C(OH)–C–C–N with tert-alkyl or cyclic N) is 1. The number of nitrogens with zero attached hydrogens (tertiary/aromatic N) is 1. The Kier molecular flexibility index (Phi) is 4.40. The number of carbonyl (C=O) groups excluding carboxylic acids is 1. The quantitative estimate of drug-likeness (QED) is 0.893. The van der Waals surface area contributed by atoms with Crippen LogP contribution in [-0.4, -0.2) is 47.2 Å². The van der Waals surface area contributed by atoms with Gasteiger partial charge in [0.05, 0.1) is 11.7 Å². The van der Waals surface area contributed by atoms with Crippen LogP contribution in [0.5, 0.6) is 0 Å². The Hall–Kier alpha value is -1.53. The number of benzene rings is 1. The number of amides is 1. The number of likely N-dealkylation sites (tertiary alicyclic amines) is 1. The molecule has 1 saturated carbocycles. The highest BCUT2D eigenvalue weighted by Crippen LogP contribution is 2.27. The number of aliphatic hydroxyl groups is 1. The third-order valence-corrected chi connectivity index (χ3v) is 4.66. The van der Waals surface area contributed by atoms with Crippen molar-refractivity contribution in [2.45, 2.75) is 43.9 Å². The summed E-state index contributed by atoms with van der Waals surface area (Å²) in [5, 5.41) is 12.5. The van der Waals surface area contributed by atoms with Crippen molar-refractivity contribution < 1.29 is 18.7 Å². The zero-order valence-electron chi connectivity index (χ0n) is 12.3. The standard InChI is InChI=1S/C16H20F2N2O2/c17-12-4-1-3-11(15(12)18)16(22)19-13-5-2-6-14(13)20-8-7-10(21)9-20/h1,3-4,10,13-14,21H,2,5-9H2,(H,19,22)/t10?,13-,14+/m1/s1. The lowest BCUT2D eigenvalue weighted by Crippen LogP contribution is -2.48. The fraction of sp³-hybridized carbons (Fsp3) is 0.562. The molecule has 1 heterocycles. The molecule has 1 saturated heterocycles. The van der Waals surface area contributed by atoms with Crippen molar-refractivity contribution >= 4 is 5.91 Å². The zero-order chi connectivity index (χ0) is 15.7. The SMILES string of the molecule is O=C(N[C@@H]1CCC[C@@H]1N1CCC(O)C1)c1cccc(F)c1F. The van der Waals surface area contributed by atoms with Crippen LogP contribution < -0.4 is 5.32 Å². The van der Waals surface area contributed by atoms with Crippen molar-refractivity contribution in [2.24, 2.45) is 0 Å². The topological polar surface area (TPSA) is 52.6 Å². The normalized spacial score (nSPS) is 29.0. The second kappa shape index (κ2) is 6.30. The molecule has 1 aromatic rings. The Morgan fingerprint density at radius 2 is 2.09 bits per heavy atom. The molecule has 1 aromatic carbocycles. The summed E-state index contributed by atoms with van der Waals surface area (Å²) >= 11 is 0. The molecular formula is C16H20F2N2O2. The first-order valence-electron chi connectivity index (χ1n) is 7.73. The van der Waals surface area contributed by atoms with Gasteiger partial charge in [0.25, 0.3) is 5.91 Å². The van der Waals surface area contributed by atoms with Crippen molar-refractivity contribution in [3.8, 4) is 0 Å². The molecule has 6 heteroatoms. The molecular weight excluding hydrogens is 290 g/mol. The minimum atomic E-state index is -1.11. The molecule has 1 aliphatic heterocycles. The largest absolute Gasteiger partial charge is 0.392 e. The van der Waals surface area contributed by atoms with Crippen LogP contribution in [0.15, 0.2) is 18.2 Å².